The normalized spacial score (nSPS) is 16.9. The number of carbonyl (C=O) groups is 1. The molecule has 1 fully saturated rings. The Morgan fingerprint density at radius 3 is 2.55 bits per heavy atom. The summed E-state index contributed by atoms with van der Waals surface area (Å²) in [6.07, 6.45) is -3.59. The second kappa shape index (κ2) is 8.70. The number of alkyl carbamates (subject to hydrolysis) is 1. The van der Waals surface area contributed by atoms with Crippen LogP contribution in [0.1, 0.15) is 26.2 Å². The number of halogens is 3. The highest BCUT2D eigenvalue weighted by molar-refractivity contribution is 5.79. The number of nitrogens with zero attached hydrogens (tertiary/aromatic N) is 1. The van der Waals surface area contributed by atoms with Crippen LogP contribution in [-0.2, 0) is 4.74 Å². The number of nitrogens with one attached hydrogen (secondary N) is 3. The highest BCUT2D eigenvalue weighted by Gasteiger charge is 2.32. The van der Waals surface area contributed by atoms with Crippen molar-refractivity contribution in [2.24, 2.45) is 10.9 Å². The number of amides is 1. The lowest BCUT2D eigenvalue weighted by Crippen LogP contribution is -2.48. The van der Waals surface area contributed by atoms with Crippen molar-refractivity contribution >= 4 is 12.1 Å². The van der Waals surface area contributed by atoms with Gasteiger partial charge >= 0.3 is 12.3 Å². The van der Waals surface area contributed by atoms with Crippen LogP contribution >= 0.6 is 0 Å². The second-order valence-electron chi connectivity index (χ2n) is 5.05. The van der Waals surface area contributed by atoms with E-state index in [1.165, 1.54) is 7.05 Å². The standard InChI is InChI=1S/C13H23F3N4O2/c1-3-22-12(21)20-10(9-4-5-9)8-19-11(17-2)18-7-6-13(14,15)16/h9-10H,3-8H2,1-2H3,(H,20,21)(H2,17,18,19). The van der Waals surface area contributed by atoms with E-state index >= 15 is 0 Å². The van der Waals surface area contributed by atoms with Crippen LogP contribution in [0.5, 0.6) is 0 Å². The quantitative estimate of drug-likeness (QED) is 0.491. The summed E-state index contributed by atoms with van der Waals surface area (Å²) in [5, 5.41) is 8.27. The Balaban J connectivity index is 2.34. The van der Waals surface area contributed by atoms with Gasteiger partial charge in [-0.25, -0.2) is 4.79 Å². The number of alkyl halides is 3. The van der Waals surface area contributed by atoms with Crippen molar-refractivity contribution in [3.05, 3.63) is 0 Å². The van der Waals surface area contributed by atoms with Crippen LogP contribution < -0.4 is 16.0 Å². The monoisotopic (exact) mass is 324 g/mol. The molecule has 0 aromatic rings. The zero-order valence-electron chi connectivity index (χ0n) is 12.8. The van der Waals surface area contributed by atoms with Crippen molar-refractivity contribution in [2.75, 3.05) is 26.7 Å². The molecule has 3 N–H and O–H groups in total. The van der Waals surface area contributed by atoms with E-state index in [0.717, 1.165) is 12.8 Å². The van der Waals surface area contributed by atoms with Crippen molar-refractivity contribution in [2.45, 2.75) is 38.4 Å². The maximum atomic E-state index is 12.1. The Bertz CT molecular complexity index is 384. The maximum Gasteiger partial charge on any atom is 0.407 e. The molecule has 1 atom stereocenters. The highest BCUT2D eigenvalue weighted by atomic mass is 19.4. The first-order valence-electron chi connectivity index (χ1n) is 7.30. The molecule has 1 rings (SSSR count). The van der Waals surface area contributed by atoms with Crippen LogP contribution in [0.25, 0.3) is 0 Å². The molecule has 9 heteroatoms. The molecule has 1 amide bonds. The number of guanidine groups is 1. The fourth-order valence-corrected chi connectivity index (χ4v) is 1.91. The minimum Gasteiger partial charge on any atom is -0.450 e. The number of ether oxygens (including phenoxy) is 1. The summed E-state index contributed by atoms with van der Waals surface area (Å²) in [7, 11) is 1.48. The van der Waals surface area contributed by atoms with Crippen LogP contribution in [0.4, 0.5) is 18.0 Å². The average molecular weight is 324 g/mol. The lowest BCUT2D eigenvalue weighted by Gasteiger charge is -2.20. The van der Waals surface area contributed by atoms with Crippen molar-refractivity contribution in [3.8, 4) is 0 Å². The molecule has 6 nitrogen and oxygen atoms in total. The van der Waals surface area contributed by atoms with Gasteiger partial charge in [0.1, 0.15) is 0 Å². The van der Waals surface area contributed by atoms with Crippen molar-refractivity contribution < 1.29 is 22.7 Å². The fraction of sp³-hybridized carbons (Fsp3) is 0.846. The summed E-state index contributed by atoms with van der Waals surface area (Å²) in [5.41, 5.74) is 0. The minimum absolute atomic E-state index is 0.125. The van der Waals surface area contributed by atoms with Crippen LogP contribution in [0.15, 0.2) is 4.99 Å². The molecule has 1 aliphatic rings. The third-order valence-electron chi connectivity index (χ3n) is 3.18. The Hall–Kier alpha value is -1.67. The Kier molecular flexibility index (Phi) is 7.26. The molecule has 0 spiro atoms. The van der Waals surface area contributed by atoms with Gasteiger partial charge in [0.15, 0.2) is 5.96 Å². The van der Waals surface area contributed by atoms with E-state index in [1.807, 2.05) is 0 Å². The van der Waals surface area contributed by atoms with E-state index < -0.39 is 18.7 Å². The average Bonchev–Trinajstić information content (AvgIpc) is 3.24. The van der Waals surface area contributed by atoms with Crippen LogP contribution in [0.2, 0.25) is 0 Å². The Morgan fingerprint density at radius 2 is 2.05 bits per heavy atom. The molecule has 0 heterocycles. The third-order valence-corrected chi connectivity index (χ3v) is 3.18. The van der Waals surface area contributed by atoms with Gasteiger partial charge in [0.05, 0.1) is 19.1 Å². The van der Waals surface area contributed by atoms with Crippen molar-refractivity contribution in [1.29, 1.82) is 0 Å². The minimum atomic E-state index is -4.20. The molecule has 0 aromatic carbocycles. The lowest BCUT2D eigenvalue weighted by molar-refractivity contribution is -0.132. The lowest BCUT2D eigenvalue weighted by atomic mass is 10.2. The molecule has 0 bridgehead atoms. The second-order valence-corrected chi connectivity index (χ2v) is 5.05. The SMILES string of the molecule is CCOC(=O)NC(CNC(=NC)NCCC(F)(F)F)C1CC1. The predicted molar refractivity (Wildman–Crippen MR) is 76.7 cm³/mol. The van der Waals surface area contributed by atoms with Gasteiger partial charge in [-0.15, -0.1) is 0 Å². The molecule has 128 valence electrons. The van der Waals surface area contributed by atoms with E-state index in [-0.39, 0.29) is 25.2 Å². The number of hydrogen-bond acceptors (Lipinski definition) is 3. The molecule has 1 aliphatic carbocycles. The summed E-state index contributed by atoms with van der Waals surface area (Å²) < 4.78 is 41.1. The molecule has 0 aliphatic heterocycles. The van der Waals surface area contributed by atoms with Gasteiger partial charge in [0, 0.05) is 20.1 Å². The summed E-state index contributed by atoms with van der Waals surface area (Å²) >= 11 is 0. The number of aliphatic imine (C=N–C) groups is 1. The molecule has 1 saturated carbocycles. The van der Waals surface area contributed by atoms with Gasteiger partial charge in [-0.2, -0.15) is 13.2 Å². The Morgan fingerprint density at radius 1 is 1.36 bits per heavy atom. The zero-order chi connectivity index (χ0) is 16.6. The zero-order valence-corrected chi connectivity index (χ0v) is 12.8. The van der Waals surface area contributed by atoms with Gasteiger partial charge < -0.3 is 20.7 Å². The van der Waals surface area contributed by atoms with E-state index in [4.69, 9.17) is 4.74 Å². The highest BCUT2D eigenvalue weighted by Crippen LogP contribution is 2.32. The predicted octanol–water partition coefficient (Wildman–Crippen LogP) is 1.63. The van der Waals surface area contributed by atoms with Gasteiger partial charge in [-0.05, 0) is 25.7 Å². The fourth-order valence-electron chi connectivity index (χ4n) is 1.91. The van der Waals surface area contributed by atoms with E-state index in [0.29, 0.717) is 12.5 Å². The summed E-state index contributed by atoms with van der Waals surface area (Å²) in [4.78, 5) is 15.3. The van der Waals surface area contributed by atoms with Crippen LogP contribution in [0, 0.1) is 5.92 Å². The summed E-state index contributed by atoms with van der Waals surface area (Å²) in [6, 6.07) is -0.125. The van der Waals surface area contributed by atoms with E-state index in [2.05, 4.69) is 20.9 Å². The molecule has 0 aromatic heterocycles. The van der Waals surface area contributed by atoms with Crippen LogP contribution in [0.3, 0.4) is 0 Å². The number of rotatable bonds is 7. The third kappa shape index (κ3) is 7.94. The largest absolute Gasteiger partial charge is 0.450 e. The first kappa shape index (κ1) is 18.4. The Labute approximate surface area is 127 Å². The van der Waals surface area contributed by atoms with Gasteiger partial charge in [-0.3, -0.25) is 4.99 Å². The van der Waals surface area contributed by atoms with Gasteiger partial charge in [-0.1, -0.05) is 0 Å². The van der Waals surface area contributed by atoms with Crippen molar-refractivity contribution in [3.63, 3.8) is 0 Å². The van der Waals surface area contributed by atoms with Gasteiger partial charge in [0.2, 0.25) is 0 Å². The number of carbonyl (C=O) groups excluding carboxylic acids is 1. The summed E-state index contributed by atoms with van der Waals surface area (Å²) in [6.45, 7) is 2.14. The summed E-state index contributed by atoms with van der Waals surface area (Å²) in [5.74, 6) is 0.644. The molecular formula is C13H23F3N4O2. The molecule has 0 saturated heterocycles. The van der Waals surface area contributed by atoms with E-state index in [9.17, 15) is 18.0 Å². The van der Waals surface area contributed by atoms with Crippen LogP contribution in [-0.4, -0.2) is 51.0 Å². The van der Waals surface area contributed by atoms with Gasteiger partial charge in [0.25, 0.3) is 0 Å². The first-order chi connectivity index (χ1) is 10.4. The molecular weight excluding hydrogens is 301 g/mol. The maximum absolute atomic E-state index is 12.1. The topological polar surface area (TPSA) is 74.8 Å². The molecule has 22 heavy (non-hydrogen) atoms. The molecule has 0 radical (unpaired) electrons. The van der Waals surface area contributed by atoms with E-state index in [1.54, 1.807) is 6.92 Å². The smallest absolute Gasteiger partial charge is 0.407 e. The number of hydrogen-bond donors (Lipinski definition) is 3. The first-order valence-corrected chi connectivity index (χ1v) is 7.30. The van der Waals surface area contributed by atoms with Crippen molar-refractivity contribution in [1.82, 2.24) is 16.0 Å². The molecule has 1 unspecified atom stereocenters.